The number of halogens is 1. The van der Waals surface area contributed by atoms with Gasteiger partial charge in [0.25, 0.3) is 0 Å². The van der Waals surface area contributed by atoms with Crippen LogP contribution in [0.15, 0.2) is 42.0 Å². The van der Waals surface area contributed by atoms with E-state index in [1.807, 2.05) is 49.1 Å². The number of hydrogen-bond donors (Lipinski definition) is 0. The van der Waals surface area contributed by atoms with Gasteiger partial charge in [0.15, 0.2) is 5.78 Å². The first-order valence-corrected chi connectivity index (χ1v) is 12.0. The van der Waals surface area contributed by atoms with Crippen molar-refractivity contribution in [3.05, 3.63) is 58.4 Å². The number of hydrogen-bond acceptors (Lipinski definition) is 7. The number of fused-ring (bicyclic) bond motifs is 1. The second-order valence-electron chi connectivity index (χ2n) is 8.49. The van der Waals surface area contributed by atoms with E-state index in [9.17, 15) is 9.18 Å². The van der Waals surface area contributed by atoms with E-state index < -0.39 is 0 Å². The summed E-state index contributed by atoms with van der Waals surface area (Å²) in [7, 11) is 1.89. The second-order valence-corrected chi connectivity index (χ2v) is 9.38. The molecule has 0 unspecified atom stereocenters. The molecule has 1 saturated heterocycles. The Balaban J connectivity index is 1.28. The maximum atomic E-state index is 12.9. The quantitative estimate of drug-likeness (QED) is 0.384. The van der Waals surface area contributed by atoms with E-state index in [2.05, 4.69) is 25.2 Å². The third-order valence-electron chi connectivity index (χ3n) is 6.16. The third-order valence-corrected chi connectivity index (χ3v) is 7.17. The minimum atomic E-state index is -0.303. The average Bonchev–Trinajstić information content (AvgIpc) is 3.49. The van der Waals surface area contributed by atoms with E-state index in [1.165, 1.54) is 0 Å². The zero-order valence-electron chi connectivity index (χ0n) is 18.4. The highest BCUT2D eigenvalue weighted by atomic mass is 32.1. The molecule has 0 atom stereocenters. The van der Waals surface area contributed by atoms with Crippen LogP contribution in [0.2, 0.25) is 0 Å². The predicted molar refractivity (Wildman–Crippen MR) is 126 cm³/mol. The molecule has 3 aromatic heterocycles. The SMILES string of the molecule is Cn1cc(-c2ccc3nnc(CC(=O)c4csc(C5CCN(CCF)CC5)n4)cc3c2)cn1. The smallest absolute Gasteiger partial charge is 0.188 e. The van der Waals surface area contributed by atoms with Crippen LogP contribution in [0.4, 0.5) is 4.39 Å². The van der Waals surface area contributed by atoms with E-state index in [4.69, 9.17) is 0 Å². The lowest BCUT2D eigenvalue weighted by Gasteiger charge is -2.30. The van der Waals surface area contributed by atoms with Crippen molar-refractivity contribution in [1.29, 1.82) is 0 Å². The van der Waals surface area contributed by atoms with Crippen LogP contribution in [0.3, 0.4) is 0 Å². The summed E-state index contributed by atoms with van der Waals surface area (Å²) >= 11 is 1.55. The van der Waals surface area contributed by atoms with Gasteiger partial charge in [-0.05, 0) is 49.7 Å². The number of aryl methyl sites for hydroxylation is 1. The monoisotopic (exact) mass is 464 g/mol. The number of thiazole rings is 1. The minimum Gasteiger partial charge on any atom is -0.301 e. The molecule has 1 aliphatic heterocycles. The van der Waals surface area contributed by atoms with E-state index >= 15 is 0 Å². The molecule has 1 aliphatic rings. The molecule has 4 aromatic rings. The fourth-order valence-electron chi connectivity index (χ4n) is 4.31. The van der Waals surface area contributed by atoms with Gasteiger partial charge in [0.2, 0.25) is 0 Å². The molecule has 170 valence electrons. The summed E-state index contributed by atoms with van der Waals surface area (Å²) in [5.41, 5.74) is 3.98. The normalized spacial score (nSPS) is 15.3. The fourth-order valence-corrected chi connectivity index (χ4v) is 5.30. The largest absolute Gasteiger partial charge is 0.301 e. The molecule has 1 fully saturated rings. The van der Waals surface area contributed by atoms with Crippen molar-refractivity contribution in [2.75, 3.05) is 26.3 Å². The summed E-state index contributed by atoms with van der Waals surface area (Å²) in [4.78, 5) is 19.7. The van der Waals surface area contributed by atoms with Crippen molar-refractivity contribution in [2.24, 2.45) is 7.05 Å². The summed E-state index contributed by atoms with van der Waals surface area (Å²) < 4.78 is 14.3. The zero-order valence-corrected chi connectivity index (χ0v) is 19.3. The number of rotatable bonds is 7. The summed E-state index contributed by atoms with van der Waals surface area (Å²) in [5, 5.41) is 16.6. The van der Waals surface area contributed by atoms with Crippen molar-refractivity contribution < 1.29 is 9.18 Å². The highest BCUT2D eigenvalue weighted by molar-refractivity contribution is 7.09. The van der Waals surface area contributed by atoms with Crippen molar-refractivity contribution in [3.8, 4) is 11.1 Å². The molecule has 0 bridgehead atoms. The van der Waals surface area contributed by atoms with Crippen LogP contribution in [0.1, 0.15) is 39.9 Å². The Bertz CT molecular complexity index is 1280. The van der Waals surface area contributed by atoms with Gasteiger partial charge < -0.3 is 4.90 Å². The number of piperidine rings is 1. The van der Waals surface area contributed by atoms with Gasteiger partial charge in [-0.3, -0.25) is 9.48 Å². The zero-order chi connectivity index (χ0) is 22.8. The van der Waals surface area contributed by atoms with Gasteiger partial charge in [0, 0.05) is 42.0 Å². The molecule has 0 spiro atoms. The number of ketones is 1. The van der Waals surface area contributed by atoms with Crippen molar-refractivity contribution in [1.82, 2.24) is 29.9 Å². The summed E-state index contributed by atoms with van der Waals surface area (Å²) in [6.45, 7) is 1.96. The molecule has 7 nitrogen and oxygen atoms in total. The van der Waals surface area contributed by atoms with E-state index in [0.29, 0.717) is 23.9 Å². The number of benzene rings is 1. The number of alkyl halides is 1. The molecule has 9 heteroatoms. The Morgan fingerprint density at radius 3 is 2.79 bits per heavy atom. The third kappa shape index (κ3) is 4.84. The maximum Gasteiger partial charge on any atom is 0.188 e. The first-order valence-electron chi connectivity index (χ1n) is 11.1. The topological polar surface area (TPSA) is 76.8 Å². The lowest BCUT2D eigenvalue weighted by atomic mass is 9.97. The molecule has 0 saturated carbocycles. The summed E-state index contributed by atoms with van der Waals surface area (Å²) in [6.07, 6.45) is 5.86. The minimum absolute atomic E-state index is 0.0515. The van der Waals surface area contributed by atoms with Gasteiger partial charge in [0.1, 0.15) is 12.4 Å². The Kier molecular flexibility index (Phi) is 6.24. The average molecular weight is 465 g/mol. The number of nitrogens with zero attached hydrogens (tertiary/aromatic N) is 6. The number of carbonyl (C=O) groups excluding carboxylic acids is 1. The van der Waals surface area contributed by atoms with E-state index in [0.717, 1.165) is 53.0 Å². The Morgan fingerprint density at radius 2 is 2.03 bits per heavy atom. The van der Waals surface area contributed by atoms with Crippen molar-refractivity contribution in [2.45, 2.75) is 25.2 Å². The fraction of sp³-hybridized carbons (Fsp3) is 0.375. The molecule has 1 aromatic carbocycles. The van der Waals surface area contributed by atoms with E-state index in [1.54, 1.807) is 16.0 Å². The summed E-state index contributed by atoms with van der Waals surface area (Å²) in [6, 6.07) is 7.90. The van der Waals surface area contributed by atoms with Crippen molar-refractivity contribution >= 4 is 28.0 Å². The van der Waals surface area contributed by atoms with Gasteiger partial charge in [0.05, 0.1) is 28.8 Å². The first kappa shape index (κ1) is 21.8. The standard InChI is InChI=1S/C24H25FN6OS/c1-30-14-19(13-26-30)17-2-3-21-18(10-17)11-20(28-29-21)12-23(32)22-15-33-24(27-22)16-4-7-31(8-5-16)9-6-25/h2-3,10-11,13-16H,4-9,12H2,1H3. The highest BCUT2D eigenvalue weighted by Crippen LogP contribution is 2.30. The molecule has 0 aliphatic carbocycles. The van der Waals surface area contributed by atoms with E-state index in [-0.39, 0.29) is 18.9 Å². The van der Waals surface area contributed by atoms with Gasteiger partial charge in [-0.25, -0.2) is 9.37 Å². The molecule has 0 radical (unpaired) electrons. The van der Waals surface area contributed by atoms with Crippen LogP contribution in [-0.2, 0) is 13.5 Å². The van der Waals surface area contributed by atoms with Gasteiger partial charge in [-0.2, -0.15) is 15.3 Å². The number of likely N-dealkylation sites (tertiary alicyclic amines) is 1. The molecule has 5 rings (SSSR count). The van der Waals surface area contributed by atoms with Crippen LogP contribution in [0.5, 0.6) is 0 Å². The van der Waals surface area contributed by atoms with Crippen LogP contribution in [0, 0.1) is 0 Å². The lowest BCUT2D eigenvalue weighted by molar-refractivity contribution is 0.0987. The molecule has 33 heavy (non-hydrogen) atoms. The molecular weight excluding hydrogens is 439 g/mol. The van der Waals surface area contributed by atoms with Gasteiger partial charge in [-0.15, -0.1) is 11.3 Å². The maximum absolute atomic E-state index is 12.9. The van der Waals surface area contributed by atoms with Crippen LogP contribution >= 0.6 is 11.3 Å². The molecule has 0 N–H and O–H groups in total. The first-order chi connectivity index (χ1) is 16.1. The molecule has 0 amide bonds. The van der Waals surface area contributed by atoms with Crippen LogP contribution in [0.25, 0.3) is 22.0 Å². The Hall–Kier alpha value is -3.04. The van der Waals surface area contributed by atoms with Gasteiger partial charge in [-0.1, -0.05) is 6.07 Å². The highest BCUT2D eigenvalue weighted by Gasteiger charge is 2.24. The predicted octanol–water partition coefficient (Wildman–Crippen LogP) is 4.06. The van der Waals surface area contributed by atoms with Gasteiger partial charge >= 0.3 is 0 Å². The Morgan fingerprint density at radius 1 is 1.18 bits per heavy atom. The number of aromatic nitrogens is 5. The number of carbonyl (C=O) groups is 1. The van der Waals surface area contributed by atoms with Crippen molar-refractivity contribution in [3.63, 3.8) is 0 Å². The Labute approximate surface area is 195 Å². The van der Waals surface area contributed by atoms with Crippen LogP contribution < -0.4 is 0 Å². The second kappa shape index (κ2) is 9.44. The molecule has 4 heterocycles. The lowest BCUT2D eigenvalue weighted by Crippen LogP contribution is -2.34. The molecular formula is C24H25FN6OS. The summed E-state index contributed by atoms with van der Waals surface area (Å²) in [5.74, 6) is 0.295. The van der Waals surface area contributed by atoms with Crippen LogP contribution in [-0.4, -0.2) is 62.0 Å². The number of Topliss-reactive ketones (excluding diaryl/α,β-unsaturated/α-hetero) is 1.